The minimum atomic E-state index is 0.0754. The smallest absolute Gasteiger partial charge is 0.319 e. The fraction of sp³-hybridized carbons (Fsp3) is 0.455. The second kappa shape index (κ2) is 7.83. The molecule has 0 aromatic carbocycles. The summed E-state index contributed by atoms with van der Waals surface area (Å²) in [6.07, 6.45) is 8.33. The number of fused-ring (bicyclic) bond motifs is 3. The van der Waals surface area contributed by atoms with Crippen molar-refractivity contribution >= 4 is 33.4 Å². The predicted octanol–water partition coefficient (Wildman–Crippen LogP) is 3.44. The molecule has 1 saturated heterocycles. The molecular formula is C22H26N6OS. The number of carbonyl (C=O) groups is 1. The van der Waals surface area contributed by atoms with E-state index in [0.717, 1.165) is 48.0 Å². The van der Waals surface area contributed by atoms with Crippen molar-refractivity contribution < 1.29 is 4.79 Å². The van der Waals surface area contributed by atoms with E-state index in [1.165, 1.54) is 28.7 Å². The molecule has 5 rings (SSSR count). The summed E-state index contributed by atoms with van der Waals surface area (Å²) < 4.78 is 0. The maximum atomic E-state index is 12.3. The van der Waals surface area contributed by atoms with E-state index in [1.807, 2.05) is 34.6 Å². The highest BCUT2D eigenvalue weighted by Gasteiger charge is 2.28. The van der Waals surface area contributed by atoms with Crippen molar-refractivity contribution in [1.82, 2.24) is 24.8 Å². The molecule has 4 heterocycles. The Labute approximate surface area is 180 Å². The van der Waals surface area contributed by atoms with E-state index in [0.29, 0.717) is 13.1 Å². The van der Waals surface area contributed by atoms with E-state index in [1.54, 1.807) is 25.2 Å². The van der Waals surface area contributed by atoms with Gasteiger partial charge in [0.15, 0.2) is 5.82 Å². The summed E-state index contributed by atoms with van der Waals surface area (Å²) in [7, 11) is 3.61. The van der Waals surface area contributed by atoms with E-state index in [2.05, 4.69) is 9.88 Å². The maximum Gasteiger partial charge on any atom is 0.319 e. The highest BCUT2D eigenvalue weighted by molar-refractivity contribution is 7.19. The van der Waals surface area contributed by atoms with Crippen molar-refractivity contribution in [3.05, 3.63) is 35.0 Å². The Morgan fingerprint density at radius 3 is 2.63 bits per heavy atom. The Hall–Kier alpha value is -2.74. The molecular weight excluding hydrogens is 396 g/mol. The first-order chi connectivity index (χ1) is 14.6. The summed E-state index contributed by atoms with van der Waals surface area (Å²) in [6.45, 7) is 2.97. The van der Waals surface area contributed by atoms with Gasteiger partial charge in [-0.1, -0.05) is 0 Å². The lowest BCUT2D eigenvalue weighted by atomic mass is 9.96. The number of hydrogen-bond acceptors (Lipinski definition) is 6. The molecule has 2 amide bonds. The minimum absolute atomic E-state index is 0.0754. The van der Waals surface area contributed by atoms with Crippen LogP contribution in [0, 0.1) is 0 Å². The van der Waals surface area contributed by atoms with E-state index in [4.69, 9.17) is 9.97 Å². The van der Waals surface area contributed by atoms with Crippen LogP contribution in [0.3, 0.4) is 0 Å². The Balaban J connectivity index is 1.56. The molecule has 30 heavy (non-hydrogen) atoms. The molecule has 156 valence electrons. The number of amides is 2. The van der Waals surface area contributed by atoms with Crippen LogP contribution in [0.2, 0.25) is 0 Å². The molecule has 0 bridgehead atoms. The molecule has 1 aliphatic carbocycles. The number of carbonyl (C=O) groups excluding carboxylic acids is 1. The van der Waals surface area contributed by atoms with Crippen LogP contribution in [0.15, 0.2) is 24.5 Å². The Morgan fingerprint density at radius 1 is 1.10 bits per heavy atom. The summed E-state index contributed by atoms with van der Waals surface area (Å²) in [4.78, 5) is 35.0. The van der Waals surface area contributed by atoms with Gasteiger partial charge in [-0.3, -0.25) is 4.98 Å². The van der Waals surface area contributed by atoms with Crippen LogP contribution in [0.5, 0.6) is 0 Å². The highest BCUT2D eigenvalue weighted by atomic mass is 32.1. The number of thiophene rings is 1. The van der Waals surface area contributed by atoms with Crippen LogP contribution in [0.1, 0.15) is 23.3 Å². The van der Waals surface area contributed by atoms with Gasteiger partial charge in [0, 0.05) is 63.1 Å². The van der Waals surface area contributed by atoms with Crippen molar-refractivity contribution in [2.45, 2.75) is 25.7 Å². The molecule has 0 atom stereocenters. The number of urea groups is 1. The zero-order chi connectivity index (χ0) is 20.7. The predicted molar refractivity (Wildman–Crippen MR) is 120 cm³/mol. The lowest BCUT2D eigenvalue weighted by Crippen LogP contribution is -2.51. The average Bonchev–Trinajstić information content (AvgIpc) is 3.17. The number of hydrogen-bond donors (Lipinski definition) is 0. The molecule has 3 aromatic heterocycles. The molecule has 0 spiro atoms. The topological polar surface area (TPSA) is 65.5 Å². The molecule has 1 aliphatic heterocycles. The van der Waals surface area contributed by atoms with Crippen molar-refractivity contribution in [2.24, 2.45) is 0 Å². The van der Waals surface area contributed by atoms with E-state index >= 15 is 0 Å². The molecule has 3 aromatic rings. The molecule has 2 aliphatic rings. The number of piperazine rings is 1. The normalized spacial score (nSPS) is 16.6. The minimum Gasteiger partial charge on any atom is -0.352 e. The van der Waals surface area contributed by atoms with Crippen molar-refractivity contribution in [1.29, 1.82) is 0 Å². The molecule has 0 radical (unpaired) electrons. The first kappa shape index (κ1) is 19.2. The van der Waals surface area contributed by atoms with Crippen molar-refractivity contribution in [3.63, 3.8) is 0 Å². The van der Waals surface area contributed by atoms with E-state index < -0.39 is 0 Å². The Morgan fingerprint density at radius 2 is 1.90 bits per heavy atom. The van der Waals surface area contributed by atoms with Gasteiger partial charge in [0.2, 0.25) is 0 Å². The summed E-state index contributed by atoms with van der Waals surface area (Å²) >= 11 is 1.83. The third-order valence-electron chi connectivity index (χ3n) is 5.95. The lowest BCUT2D eigenvalue weighted by molar-refractivity contribution is 0.168. The van der Waals surface area contributed by atoms with Gasteiger partial charge in [0.05, 0.1) is 5.39 Å². The number of nitrogens with zero attached hydrogens (tertiary/aromatic N) is 6. The fourth-order valence-electron chi connectivity index (χ4n) is 4.38. The van der Waals surface area contributed by atoms with Gasteiger partial charge in [0.1, 0.15) is 10.6 Å². The Kier molecular flexibility index (Phi) is 5.02. The Bertz CT molecular complexity index is 1070. The number of aromatic nitrogens is 3. The second-order valence-corrected chi connectivity index (χ2v) is 9.24. The summed E-state index contributed by atoms with van der Waals surface area (Å²) in [6, 6.07) is 4.01. The van der Waals surface area contributed by atoms with E-state index in [-0.39, 0.29) is 6.03 Å². The van der Waals surface area contributed by atoms with Crippen molar-refractivity contribution in [2.75, 3.05) is 45.2 Å². The summed E-state index contributed by atoms with van der Waals surface area (Å²) in [5, 5.41) is 1.23. The first-order valence-corrected chi connectivity index (χ1v) is 11.4. The number of pyridine rings is 1. The SMILES string of the molecule is CN(C)C(=O)N1CCN(c2nc(-c3cccnc3)nc3sc4c(c23)CCCC4)CC1. The number of aryl methyl sites for hydroxylation is 2. The molecule has 0 saturated carbocycles. The zero-order valence-corrected chi connectivity index (χ0v) is 18.3. The van der Waals surface area contributed by atoms with Crippen LogP contribution in [-0.2, 0) is 12.8 Å². The standard InChI is InChI=1S/C22H26N6OS/c1-26(2)22(29)28-12-10-27(11-13-28)20-18-16-7-3-4-8-17(16)30-21(18)25-19(24-20)15-6-5-9-23-14-15/h5-6,9,14H,3-4,7-8,10-13H2,1-2H3. The number of rotatable bonds is 2. The average molecular weight is 423 g/mol. The third-order valence-corrected chi connectivity index (χ3v) is 7.13. The second-order valence-electron chi connectivity index (χ2n) is 8.15. The van der Waals surface area contributed by atoms with Gasteiger partial charge in [-0.2, -0.15) is 0 Å². The third kappa shape index (κ3) is 3.39. The van der Waals surface area contributed by atoms with Gasteiger partial charge in [0.25, 0.3) is 0 Å². The maximum absolute atomic E-state index is 12.3. The first-order valence-electron chi connectivity index (χ1n) is 10.6. The summed E-state index contributed by atoms with van der Waals surface area (Å²) in [5.74, 6) is 1.76. The fourth-order valence-corrected chi connectivity index (χ4v) is 5.64. The zero-order valence-electron chi connectivity index (χ0n) is 17.5. The molecule has 0 N–H and O–H groups in total. The van der Waals surface area contributed by atoms with Gasteiger partial charge in [-0.05, 0) is 43.4 Å². The van der Waals surface area contributed by atoms with Gasteiger partial charge in [-0.15, -0.1) is 11.3 Å². The van der Waals surface area contributed by atoms with Crippen molar-refractivity contribution in [3.8, 4) is 11.4 Å². The van der Waals surface area contributed by atoms with Crippen LogP contribution in [-0.4, -0.2) is 71.1 Å². The van der Waals surface area contributed by atoms with Crippen LogP contribution in [0.25, 0.3) is 21.6 Å². The molecule has 8 heteroatoms. The lowest BCUT2D eigenvalue weighted by Gasteiger charge is -2.37. The number of anilines is 1. The van der Waals surface area contributed by atoms with Crippen LogP contribution >= 0.6 is 11.3 Å². The largest absolute Gasteiger partial charge is 0.352 e. The van der Waals surface area contributed by atoms with Gasteiger partial charge in [-0.25, -0.2) is 14.8 Å². The van der Waals surface area contributed by atoms with Crippen LogP contribution < -0.4 is 4.90 Å². The monoisotopic (exact) mass is 422 g/mol. The highest BCUT2D eigenvalue weighted by Crippen LogP contribution is 2.41. The molecule has 0 unspecified atom stereocenters. The quantitative estimate of drug-likeness (QED) is 0.633. The summed E-state index contributed by atoms with van der Waals surface area (Å²) in [5.41, 5.74) is 2.38. The molecule has 7 nitrogen and oxygen atoms in total. The van der Waals surface area contributed by atoms with Gasteiger partial charge >= 0.3 is 6.03 Å². The van der Waals surface area contributed by atoms with Gasteiger partial charge < -0.3 is 14.7 Å². The van der Waals surface area contributed by atoms with Crippen LogP contribution in [0.4, 0.5) is 10.6 Å². The molecule has 1 fully saturated rings. The van der Waals surface area contributed by atoms with E-state index in [9.17, 15) is 4.79 Å².